The minimum atomic E-state index is -2.79. The molecule has 16 heavy (non-hydrogen) atoms. The zero-order valence-electron chi connectivity index (χ0n) is 10.1. The second-order valence-electron chi connectivity index (χ2n) is 4.17. The van der Waals surface area contributed by atoms with Crippen LogP contribution in [-0.2, 0) is 5.92 Å². The standard InChI is InChI=1S/C13H19F2N/c1-4-10(2)11-5-7-12(8-6-11)13(14,15)9-16-3/h5-8,10,16H,4,9H2,1-3H3. The van der Waals surface area contributed by atoms with Gasteiger partial charge in [-0.1, -0.05) is 38.1 Å². The third kappa shape index (κ3) is 3.01. The van der Waals surface area contributed by atoms with E-state index in [1.165, 1.54) is 19.2 Å². The van der Waals surface area contributed by atoms with Crippen molar-refractivity contribution in [3.63, 3.8) is 0 Å². The van der Waals surface area contributed by atoms with Gasteiger partial charge in [0, 0.05) is 5.56 Å². The highest BCUT2D eigenvalue weighted by atomic mass is 19.3. The predicted octanol–water partition coefficient (Wildman–Crippen LogP) is 3.51. The monoisotopic (exact) mass is 227 g/mol. The van der Waals surface area contributed by atoms with Gasteiger partial charge in [0.1, 0.15) is 0 Å². The SMILES string of the molecule is CCC(C)c1ccc(C(F)(F)CNC)cc1. The molecule has 0 radical (unpaired) electrons. The molecule has 1 atom stereocenters. The molecule has 0 saturated carbocycles. The molecule has 0 saturated heterocycles. The fraction of sp³-hybridized carbons (Fsp3) is 0.538. The van der Waals surface area contributed by atoms with Crippen molar-refractivity contribution in [3.8, 4) is 0 Å². The highest BCUT2D eigenvalue weighted by molar-refractivity contribution is 5.28. The number of alkyl halides is 2. The summed E-state index contributed by atoms with van der Waals surface area (Å²) < 4.78 is 27.0. The molecule has 0 fully saturated rings. The van der Waals surface area contributed by atoms with Crippen LogP contribution in [0.25, 0.3) is 0 Å². The first-order valence-electron chi connectivity index (χ1n) is 5.64. The van der Waals surface area contributed by atoms with Crippen molar-refractivity contribution in [1.29, 1.82) is 0 Å². The minimum absolute atomic E-state index is 0.0777. The van der Waals surface area contributed by atoms with Gasteiger partial charge in [-0.25, -0.2) is 0 Å². The lowest BCUT2D eigenvalue weighted by molar-refractivity contribution is -0.00127. The van der Waals surface area contributed by atoms with Crippen LogP contribution in [0.2, 0.25) is 0 Å². The Morgan fingerprint density at radius 1 is 1.25 bits per heavy atom. The molecule has 1 rings (SSSR count). The number of hydrogen-bond acceptors (Lipinski definition) is 1. The Balaban J connectivity index is 2.86. The molecular formula is C13H19F2N. The number of likely N-dealkylation sites (N-methyl/N-ethyl adjacent to an activating group) is 1. The van der Waals surface area contributed by atoms with Crippen molar-refractivity contribution >= 4 is 0 Å². The summed E-state index contributed by atoms with van der Waals surface area (Å²) in [6.07, 6.45) is 1.02. The highest BCUT2D eigenvalue weighted by Crippen LogP contribution is 2.28. The molecule has 0 aliphatic carbocycles. The molecule has 90 valence electrons. The number of rotatable bonds is 5. The molecule has 0 amide bonds. The maximum atomic E-state index is 13.5. The fourth-order valence-electron chi connectivity index (χ4n) is 1.62. The van der Waals surface area contributed by atoms with Crippen molar-refractivity contribution in [1.82, 2.24) is 5.32 Å². The zero-order valence-corrected chi connectivity index (χ0v) is 10.1. The molecule has 1 unspecified atom stereocenters. The smallest absolute Gasteiger partial charge is 0.285 e. The van der Waals surface area contributed by atoms with E-state index in [2.05, 4.69) is 19.2 Å². The van der Waals surface area contributed by atoms with Crippen LogP contribution < -0.4 is 5.32 Å². The second kappa shape index (κ2) is 5.39. The summed E-state index contributed by atoms with van der Waals surface area (Å²) in [5.41, 5.74) is 1.19. The van der Waals surface area contributed by atoms with Gasteiger partial charge in [-0.15, -0.1) is 0 Å². The lowest BCUT2D eigenvalue weighted by atomic mass is 9.96. The quantitative estimate of drug-likeness (QED) is 0.811. The summed E-state index contributed by atoms with van der Waals surface area (Å²) in [6, 6.07) is 6.65. The molecule has 1 nitrogen and oxygen atoms in total. The first-order valence-corrected chi connectivity index (χ1v) is 5.64. The number of hydrogen-bond donors (Lipinski definition) is 1. The van der Waals surface area contributed by atoms with Gasteiger partial charge in [0.25, 0.3) is 5.92 Å². The van der Waals surface area contributed by atoms with Crippen molar-refractivity contribution < 1.29 is 8.78 Å². The second-order valence-corrected chi connectivity index (χ2v) is 4.17. The number of benzene rings is 1. The van der Waals surface area contributed by atoms with Gasteiger partial charge >= 0.3 is 0 Å². The Morgan fingerprint density at radius 2 is 1.81 bits per heavy atom. The first kappa shape index (κ1) is 13.1. The minimum Gasteiger partial charge on any atom is -0.314 e. The lowest BCUT2D eigenvalue weighted by Crippen LogP contribution is -2.28. The van der Waals surface area contributed by atoms with E-state index >= 15 is 0 Å². The van der Waals surface area contributed by atoms with E-state index in [1.807, 2.05) is 0 Å². The number of halogens is 2. The highest BCUT2D eigenvalue weighted by Gasteiger charge is 2.30. The van der Waals surface area contributed by atoms with Crippen molar-refractivity contribution in [2.75, 3.05) is 13.6 Å². The van der Waals surface area contributed by atoms with Crippen molar-refractivity contribution in [2.24, 2.45) is 0 Å². The third-order valence-electron chi connectivity index (χ3n) is 2.91. The topological polar surface area (TPSA) is 12.0 Å². The maximum absolute atomic E-state index is 13.5. The molecule has 0 heterocycles. The Kier molecular flexibility index (Phi) is 4.42. The van der Waals surface area contributed by atoms with E-state index in [4.69, 9.17) is 0 Å². The molecular weight excluding hydrogens is 208 g/mol. The van der Waals surface area contributed by atoms with E-state index in [1.54, 1.807) is 12.1 Å². The van der Waals surface area contributed by atoms with Crippen molar-refractivity contribution in [3.05, 3.63) is 35.4 Å². The molecule has 0 bridgehead atoms. The fourth-order valence-corrected chi connectivity index (χ4v) is 1.62. The Labute approximate surface area is 95.9 Å². The molecule has 0 spiro atoms. The van der Waals surface area contributed by atoms with E-state index in [9.17, 15) is 8.78 Å². The summed E-state index contributed by atoms with van der Waals surface area (Å²) in [7, 11) is 1.53. The van der Waals surface area contributed by atoms with Crippen LogP contribution in [0.15, 0.2) is 24.3 Å². The summed E-state index contributed by atoms with van der Waals surface area (Å²) in [5, 5.41) is 2.51. The summed E-state index contributed by atoms with van der Waals surface area (Å²) in [4.78, 5) is 0. The van der Waals surface area contributed by atoms with Crippen LogP contribution in [0.5, 0.6) is 0 Å². The van der Waals surface area contributed by atoms with Crippen LogP contribution in [0.3, 0.4) is 0 Å². The molecule has 0 aliphatic heterocycles. The van der Waals surface area contributed by atoms with E-state index in [0.29, 0.717) is 5.92 Å². The molecule has 1 N–H and O–H groups in total. The van der Waals surface area contributed by atoms with Crippen LogP contribution in [-0.4, -0.2) is 13.6 Å². The first-order chi connectivity index (χ1) is 7.51. The third-order valence-corrected chi connectivity index (χ3v) is 2.91. The summed E-state index contributed by atoms with van der Waals surface area (Å²) in [6.45, 7) is 3.87. The van der Waals surface area contributed by atoms with Gasteiger partial charge < -0.3 is 5.32 Å². The summed E-state index contributed by atoms with van der Waals surface area (Å²) in [5.74, 6) is -2.37. The predicted molar refractivity (Wildman–Crippen MR) is 63.0 cm³/mol. The van der Waals surface area contributed by atoms with Gasteiger partial charge in [0.15, 0.2) is 0 Å². The Hall–Kier alpha value is -0.960. The van der Waals surface area contributed by atoms with Gasteiger partial charge in [-0.2, -0.15) is 8.78 Å². The average molecular weight is 227 g/mol. The van der Waals surface area contributed by atoms with Crippen LogP contribution in [0.4, 0.5) is 8.78 Å². The lowest BCUT2D eigenvalue weighted by Gasteiger charge is -2.17. The summed E-state index contributed by atoms with van der Waals surface area (Å²) >= 11 is 0. The largest absolute Gasteiger partial charge is 0.314 e. The van der Waals surface area contributed by atoms with E-state index in [0.717, 1.165) is 12.0 Å². The van der Waals surface area contributed by atoms with Crippen molar-refractivity contribution in [2.45, 2.75) is 32.1 Å². The van der Waals surface area contributed by atoms with Gasteiger partial charge in [0.2, 0.25) is 0 Å². The van der Waals surface area contributed by atoms with E-state index in [-0.39, 0.29) is 12.1 Å². The average Bonchev–Trinajstić information content (AvgIpc) is 2.28. The molecule has 0 aromatic heterocycles. The Morgan fingerprint density at radius 3 is 2.25 bits per heavy atom. The van der Waals surface area contributed by atoms with Crippen LogP contribution in [0, 0.1) is 0 Å². The maximum Gasteiger partial charge on any atom is 0.285 e. The normalized spacial score (nSPS) is 13.8. The molecule has 3 heteroatoms. The number of nitrogens with one attached hydrogen (secondary N) is 1. The molecule has 1 aromatic carbocycles. The van der Waals surface area contributed by atoms with Gasteiger partial charge in [-0.05, 0) is 24.9 Å². The zero-order chi connectivity index (χ0) is 12.2. The van der Waals surface area contributed by atoms with Crippen LogP contribution in [0.1, 0.15) is 37.3 Å². The molecule has 0 aliphatic rings. The van der Waals surface area contributed by atoms with Gasteiger partial charge in [-0.3, -0.25) is 0 Å². The van der Waals surface area contributed by atoms with Gasteiger partial charge in [0.05, 0.1) is 6.54 Å². The Bertz CT molecular complexity index is 319. The molecule has 1 aromatic rings. The van der Waals surface area contributed by atoms with Crippen LogP contribution >= 0.6 is 0 Å². The van der Waals surface area contributed by atoms with E-state index < -0.39 is 5.92 Å².